The van der Waals surface area contributed by atoms with Crippen LogP contribution in [0.4, 0.5) is 0 Å². The molecule has 2 N–H and O–H groups in total. The van der Waals surface area contributed by atoms with Crippen molar-refractivity contribution in [1.29, 1.82) is 0 Å². The van der Waals surface area contributed by atoms with Crippen molar-refractivity contribution in [2.24, 2.45) is 5.92 Å². The van der Waals surface area contributed by atoms with Crippen molar-refractivity contribution >= 4 is 5.91 Å². The van der Waals surface area contributed by atoms with Gasteiger partial charge < -0.3 is 15.3 Å². The zero-order valence-electron chi connectivity index (χ0n) is 15.6. The number of β-amino-alcohol motifs (C(OH)–C–C–N with tert-alkyl or cyclic N) is 1. The lowest BCUT2D eigenvalue weighted by Crippen LogP contribution is -2.45. The van der Waals surface area contributed by atoms with Gasteiger partial charge in [-0.3, -0.25) is 14.7 Å². The third-order valence-corrected chi connectivity index (χ3v) is 5.74. The highest BCUT2D eigenvalue weighted by Gasteiger charge is 2.27. The van der Waals surface area contributed by atoms with Crippen LogP contribution >= 0.6 is 0 Å². The first-order valence-corrected chi connectivity index (χ1v) is 10.0. The molecule has 0 saturated carbocycles. The van der Waals surface area contributed by atoms with Crippen molar-refractivity contribution in [2.75, 3.05) is 45.9 Å². The summed E-state index contributed by atoms with van der Waals surface area (Å²) in [5.41, 5.74) is 1.19. The second-order valence-electron chi connectivity index (χ2n) is 7.48. The first-order valence-electron chi connectivity index (χ1n) is 10.0. The van der Waals surface area contributed by atoms with Crippen LogP contribution in [0.2, 0.25) is 0 Å². The van der Waals surface area contributed by atoms with Gasteiger partial charge >= 0.3 is 0 Å². The lowest BCUT2D eigenvalue weighted by Gasteiger charge is -2.35. The Kier molecular flexibility index (Phi) is 7.41. The van der Waals surface area contributed by atoms with Gasteiger partial charge in [0.05, 0.1) is 12.6 Å². The predicted molar refractivity (Wildman–Crippen MR) is 102 cm³/mol. The minimum Gasteiger partial charge on any atom is -0.395 e. The Morgan fingerprint density at radius 1 is 1.23 bits per heavy atom. The second kappa shape index (κ2) is 10.00. The molecule has 1 aromatic rings. The van der Waals surface area contributed by atoms with E-state index in [4.69, 9.17) is 5.11 Å². The van der Waals surface area contributed by atoms with Crippen molar-refractivity contribution < 1.29 is 9.90 Å². The van der Waals surface area contributed by atoms with E-state index in [2.05, 4.69) is 26.2 Å². The van der Waals surface area contributed by atoms with E-state index in [-0.39, 0.29) is 24.5 Å². The van der Waals surface area contributed by atoms with Crippen LogP contribution in [0, 0.1) is 5.92 Å². The number of carbonyl (C=O) groups excluding carboxylic acids is 1. The first kappa shape index (κ1) is 19.3. The number of likely N-dealkylation sites (tertiary alicyclic amines) is 2. The number of aromatic nitrogens is 1. The highest BCUT2D eigenvalue weighted by atomic mass is 16.3. The smallest absolute Gasteiger partial charge is 0.223 e. The molecule has 144 valence electrons. The summed E-state index contributed by atoms with van der Waals surface area (Å²) in [6.45, 7) is 5.55. The quantitative estimate of drug-likeness (QED) is 0.770. The number of rotatable bonds is 7. The van der Waals surface area contributed by atoms with Crippen LogP contribution < -0.4 is 5.32 Å². The summed E-state index contributed by atoms with van der Waals surface area (Å²) in [6, 6.07) is 4.30. The van der Waals surface area contributed by atoms with Crippen molar-refractivity contribution in [2.45, 2.75) is 38.1 Å². The Morgan fingerprint density at radius 2 is 2.00 bits per heavy atom. The van der Waals surface area contributed by atoms with Gasteiger partial charge in [-0.15, -0.1) is 0 Å². The number of aliphatic hydroxyl groups is 1. The summed E-state index contributed by atoms with van der Waals surface area (Å²) in [7, 11) is 0. The highest BCUT2D eigenvalue weighted by Crippen LogP contribution is 2.24. The van der Waals surface area contributed by atoms with Gasteiger partial charge in [-0.05, 0) is 63.5 Å². The molecule has 3 rings (SSSR count). The number of pyridine rings is 1. The topological polar surface area (TPSA) is 68.7 Å². The Bertz CT molecular complexity index is 540. The van der Waals surface area contributed by atoms with Crippen molar-refractivity contribution in [3.8, 4) is 0 Å². The van der Waals surface area contributed by atoms with Gasteiger partial charge in [0.15, 0.2) is 0 Å². The number of piperidine rings is 2. The Balaban J connectivity index is 1.55. The molecule has 6 nitrogen and oxygen atoms in total. The molecule has 2 aliphatic heterocycles. The van der Waals surface area contributed by atoms with Gasteiger partial charge in [0.1, 0.15) is 0 Å². The minimum absolute atomic E-state index is 0.0980. The molecule has 0 aromatic carbocycles. The summed E-state index contributed by atoms with van der Waals surface area (Å²) in [4.78, 5) is 21.7. The third-order valence-electron chi connectivity index (χ3n) is 5.74. The summed E-state index contributed by atoms with van der Waals surface area (Å²) >= 11 is 0. The van der Waals surface area contributed by atoms with Gasteiger partial charge in [0, 0.05) is 31.4 Å². The van der Waals surface area contributed by atoms with E-state index in [0.29, 0.717) is 13.1 Å². The predicted octanol–water partition coefficient (Wildman–Crippen LogP) is 1.43. The van der Waals surface area contributed by atoms with Crippen LogP contribution in [0.25, 0.3) is 0 Å². The van der Waals surface area contributed by atoms with Crippen LogP contribution in [0.1, 0.15) is 43.7 Å². The molecule has 0 radical (unpaired) electrons. The average molecular weight is 361 g/mol. The molecule has 1 atom stereocenters. The lowest BCUT2D eigenvalue weighted by atomic mass is 9.95. The number of amides is 1. The largest absolute Gasteiger partial charge is 0.395 e. The maximum atomic E-state index is 12.7. The Hall–Kier alpha value is -1.50. The highest BCUT2D eigenvalue weighted by molar-refractivity contribution is 5.78. The van der Waals surface area contributed by atoms with Crippen LogP contribution in [0.3, 0.4) is 0 Å². The van der Waals surface area contributed by atoms with Crippen molar-refractivity contribution in [1.82, 2.24) is 20.1 Å². The molecule has 1 amide bonds. The van der Waals surface area contributed by atoms with E-state index in [1.165, 1.54) is 24.8 Å². The molecule has 6 heteroatoms. The van der Waals surface area contributed by atoms with Gasteiger partial charge in [0.25, 0.3) is 0 Å². The van der Waals surface area contributed by atoms with E-state index < -0.39 is 0 Å². The average Bonchev–Trinajstić information content (AvgIpc) is 2.70. The van der Waals surface area contributed by atoms with E-state index in [9.17, 15) is 4.79 Å². The van der Waals surface area contributed by atoms with E-state index in [1.807, 2.05) is 12.3 Å². The fourth-order valence-corrected chi connectivity index (χ4v) is 4.16. The van der Waals surface area contributed by atoms with Gasteiger partial charge in [-0.1, -0.05) is 12.5 Å². The summed E-state index contributed by atoms with van der Waals surface area (Å²) in [5, 5.41) is 12.3. The molecular formula is C20H32N4O2. The lowest BCUT2D eigenvalue weighted by molar-refractivity contribution is -0.126. The molecule has 0 unspecified atom stereocenters. The molecule has 1 aromatic heterocycles. The molecule has 3 heterocycles. The number of carbonyl (C=O) groups is 1. The van der Waals surface area contributed by atoms with Gasteiger partial charge in [0.2, 0.25) is 5.91 Å². The fraction of sp³-hybridized carbons (Fsp3) is 0.700. The zero-order chi connectivity index (χ0) is 18.2. The first-order chi connectivity index (χ1) is 12.8. The van der Waals surface area contributed by atoms with Crippen LogP contribution in [-0.4, -0.2) is 71.7 Å². The van der Waals surface area contributed by atoms with E-state index in [0.717, 1.165) is 39.0 Å². The van der Waals surface area contributed by atoms with Crippen molar-refractivity contribution in [3.05, 3.63) is 30.1 Å². The van der Waals surface area contributed by atoms with E-state index >= 15 is 0 Å². The number of nitrogens with zero attached hydrogens (tertiary/aromatic N) is 3. The Labute approximate surface area is 156 Å². The molecule has 2 fully saturated rings. The SMILES string of the molecule is O=C(NC[C@@H](c1cccnc1)N1CCCCC1)C1CCN(CCO)CC1. The molecular weight excluding hydrogens is 328 g/mol. The van der Waals surface area contributed by atoms with Crippen LogP contribution in [-0.2, 0) is 4.79 Å². The molecule has 2 saturated heterocycles. The minimum atomic E-state index is 0.0980. The number of hydrogen-bond donors (Lipinski definition) is 2. The maximum Gasteiger partial charge on any atom is 0.223 e. The standard InChI is InChI=1S/C20H32N4O2/c25-14-13-23-11-6-17(7-12-23)20(26)22-16-19(18-5-4-8-21-15-18)24-9-2-1-3-10-24/h4-5,8,15,17,19,25H,1-3,6-7,9-14,16H2,(H,22,26)/t19-/m0/s1. The summed E-state index contributed by atoms with van der Waals surface area (Å²) in [5.74, 6) is 0.278. The molecule has 2 aliphatic rings. The third kappa shape index (κ3) is 5.25. The molecule has 26 heavy (non-hydrogen) atoms. The number of hydrogen-bond acceptors (Lipinski definition) is 5. The van der Waals surface area contributed by atoms with Crippen molar-refractivity contribution in [3.63, 3.8) is 0 Å². The zero-order valence-corrected chi connectivity index (χ0v) is 15.6. The molecule has 0 aliphatic carbocycles. The van der Waals surface area contributed by atoms with Crippen LogP contribution in [0.15, 0.2) is 24.5 Å². The molecule has 0 bridgehead atoms. The molecule has 0 spiro atoms. The number of nitrogens with one attached hydrogen (secondary N) is 1. The monoisotopic (exact) mass is 360 g/mol. The fourth-order valence-electron chi connectivity index (χ4n) is 4.16. The van der Waals surface area contributed by atoms with Crippen LogP contribution in [0.5, 0.6) is 0 Å². The normalized spacial score (nSPS) is 21.4. The number of aliphatic hydroxyl groups excluding tert-OH is 1. The second-order valence-corrected chi connectivity index (χ2v) is 7.48. The maximum absolute atomic E-state index is 12.7. The van der Waals surface area contributed by atoms with E-state index in [1.54, 1.807) is 6.20 Å². The summed E-state index contributed by atoms with van der Waals surface area (Å²) < 4.78 is 0. The van der Waals surface area contributed by atoms with Gasteiger partial charge in [-0.25, -0.2) is 0 Å². The van der Waals surface area contributed by atoms with Gasteiger partial charge in [-0.2, -0.15) is 0 Å². The Morgan fingerprint density at radius 3 is 2.65 bits per heavy atom. The summed E-state index contributed by atoms with van der Waals surface area (Å²) in [6.07, 6.45) is 9.26.